The fourth-order valence-electron chi connectivity index (χ4n) is 2.15. The van der Waals surface area contributed by atoms with Gasteiger partial charge in [0.25, 0.3) is 0 Å². The average molecular weight is 275 g/mol. The van der Waals surface area contributed by atoms with E-state index in [1.807, 2.05) is 19.1 Å². The Labute approximate surface area is 122 Å². The second-order valence-electron chi connectivity index (χ2n) is 4.78. The van der Waals surface area contributed by atoms with Crippen molar-refractivity contribution in [1.29, 1.82) is 5.26 Å². The second kappa shape index (κ2) is 5.55. The molecule has 0 fully saturated rings. The van der Waals surface area contributed by atoms with Crippen molar-refractivity contribution in [2.24, 2.45) is 0 Å². The summed E-state index contributed by atoms with van der Waals surface area (Å²) >= 11 is 0. The van der Waals surface area contributed by atoms with E-state index < -0.39 is 0 Å². The van der Waals surface area contributed by atoms with Gasteiger partial charge in [0, 0.05) is 18.0 Å². The van der Waals surface area contributed by atoms with Crippen molar-refractivity contribution in [3.63, 3.8) is 0 Å². The van der Waals surface area contributed by atoms with E-state index in [4.69, 9.17) is 0 Å². The average Bonchev–Trinajstić information content (AvgIpc) is 2.93. The van der Waals surface area contributed by atoms with Crippen LogP contribution >= 0.6 is 0 Å². The number of hydrogen-bond donors (Lipinski definition) is 0. The normalized spacial score (nSPS) is 10.3. The van der Waals surface area contributed by atoms with Crippen LogP contribution in [0.5, 0.6) is 0 Å². The number of nitriles is 1. The first kappa shape index (κ1) is 13.0. The number of aromatic nitrogens is 4. The number of aryl methyl sites for hydroxylation is 1. The molecule has 0 saturated carbocycles. The Balaban J connectivity index is 2.02. The van der Waals surface area contributed by atoms with Gasteiger partial charge in [-0.15, -0.1) is 5.10 Å². The lowest BCUT2D eigenvalue weighted by atomic mass is 10.1. The zero-order chi connectivity index (χ0) is 14.7. The summed E-state index contributed by atoms with van der Waals surface area (Å²) in [5.41, 5.74) is 4.18. The van der Waals surface area contributed by atoms with Crippen LogP contribution < -0.4 is 0 Å². The highest BCUT2D eigenvalue weighted by Crippen LogP contribution is 2.21. The maximum absolute atomic E-state index is 9.21. The van der Waals surface area contributed by atoms with Gasteiger partial charge in [0.2, 0.25) is 0 Å². The first-order chi connectivity index (χ1) is 10.3. The van der Waals surface area contributed by atoms with Gasteiger partial charge >= 0.3 is 0 Å². The van der Waals surface area contributed by atoms with Crippen molar-refractivity contribution in [2.45, 2.75) is 13.5 Å². The Hall–Kier alpha value is -3.00. The van der Waals surface area contributed by atoms with Gasteiger partial charge in [0.15, 0.2) is 5.69 Å². The molecule has 5 heteroatoms. The molecule has 0 amide bonds. The van der Waals surface area contributed by atoms with Crippen LogP contribution in [0.3, 0.4) is 0 Å². The van der Waals surface area contributed by atoms with Crippen molar-refractivity contribution in [3.8, 4) is 17.3 Å². The van der Waals surface area contributed by atoms with Crippen molar-refractivity contribution >= 4 is 0 Å². The molecule has 0 radical (unpaired) electrons. The highest BCUT2D eigenvalue weighted by atomic mass is 15.4. The van der Waals surface area contributed by atoms with E-state index in [0.29, 0.717) is 17.9 Å². The second-order valence-corrected chi connectivity index (χ2v) is 4.78. The van der Waals surface area contributed by atoms with E-state index >= 15 is 0 Å². The number of benzene rings is 1. The van der Waals surface area contributed by atoms with Gasteiger partial charge in [0.1, 0.15) is 11.8 Å². The predicted molar refractivity (Wildman–Crippen MR) is 78.2 cm³/mol. The first-order valence-corrected chi connectivity index (χ1v) is 6.57. The molecule has 21 heavy (non-hydrogen) atoms. The Kier molecular flexibility index (Phi) is 3.44. The monoisotopic (exact) mass is 275 g/mol. The molecule has 102 valence electrons. The molecule has 0 spiro atoms. The summed E-state index contributed by atoms with van der Waals surface area (Å²) < 4.78 is 1.74. The van der Waals surface area contributed by atoms with Crippen LogP contribution in [0, 0.1) is 18.3 Å². The van der Waals surface area contributed by atoms with Crippen LogP contribution in [0.4, 0.5) is 0 Å². The quantitative estimate of drug-likeness (QED) is 0.736. The van der Waals surface area contributed by atoms with Crippen molar-refractivity contribution in [2.75, 3.05) is 0 Å². The lowest BCUT2D eigenvalue weighted by Gasteiger charge is -2.07. The minimum Gasteiger partial charge on any atom is -0.264 e. The standard InChI is InChI=1S/C16H13N5/c1-12-4-6-13(7-5-12)11-21-16(15(9-17)19-20-21)14-3-2-8-18-10-14/h2-8,10H,11H2,1H3. The van der Waals surface area contributed by atoms with Gasteiger partial charge in [0.05, 0.1) is 6.54 Å². The topological polar surface area (TPSA) is 67.4 Å². The lowest BCUT2D eigenvalue weighted by molar-refractivity contribution is 0.655. The van der Waals surface area contributed by atoms with Gasteiger partial charge in [-0.25, -0.2) is 4.68 Å². The SMILES string of the molecule is Cc1ccc(Cn2nnc(C#N)c2-c2cccnc2)cc1. The van der Waals surface area contributed by atoms with E-state index in [9.17, 15) is 5.26 Å². The third-order valence-corrected chi connectivity index (χ3v) is 3.23. The summed E-state index contributed by atoms with van der Waals surface area (Å²) in [6.45, 7) is 2.62. The molecule has 5 nitrogen and oxygen atoms in total. The van der Waals surface area contributed by atoms with E-state index in [-0.39, 0.29) is 0 Å². The molecule has 1 aromatic carbocycles. The third-order valence-electron chi connectivity index (χ3n) is 3.23. The molecule has 0 atom stereocenters. The summed E-state index contributed by atoms with van der Waals surface area (Å²) in [6, 6.07) is 14.0. The van der Waals surface area contributed by atoms with E-state index in [0.717, 1.165) is 11.1 Å². The van der Waals surface area contributed by atoms with E-state index in [2.05, 4.69) is 45.6 Å². The van der Waals surface area contributed by atoms with Gasteiger partial charge in [-0.3, -0.25) is 4.98 Å². The molecule has 0 N–H and O–H groups in total. The van der Waals surface area contributed by atoms with Crippen LogP contribution in [-0.2, 0) is 6.54 Å². The Bertz CT molecular complexity index is 782. The zero-order valence-electron chi connectivity index (χ0n) is 11.6. The Morgan fingerprint density at radius 1 is 1.19 bits per heavy atom. The fourth-order valence-corrected chi connectivity index (χ4v) is 2.15. The molecule has 2 heterocycles. The largest absolute Gasteiger partial charge is 0.264 e. The molecule has 3 aromatic rings. The Morgan fingerprint density at radius 3 is 2.67 bits per heavy atom. The number of rotatable bonds is 3. The van der Waals surface area contributed by atoms with Gasteiger partial charge < -0.3 is 0 Å². The van der Waals surface area contributed by atoms with Gasteiger partial charge in [-0.2, -0.15) is 5.26 Å². The first-order valence-electron chi connectivity index (χ1n) is 6.57. The maximum Gasteiger partial charge on any atom is 0.190 e. The Morgan fingerprint density at radius 2 is 2.00 bits per heavy atom. The highest BCUT2D eigenvalue weighted by Gasteiger charge is 2.15. The van der Waals surface area contributed by atoms with Crippen LogP contribution in [-0.4, -0.2) is 20.0 Å². The van der Waals surface area contributed by atoms with Crippen molar-refractivity contribution in [1.82, 2.24) is 20.0 Å². The van der Waals surface area contributed by atoms with Crippen LogP contribution in [0.1, 0.15) is 16.8 Å². The van der Waals surface area contributed by atoms with Crippen LogP contribution in [0.25, 0.3) is 11.3 Å². The minimum atomic E-state index is 0.315. The van der Waals surface area contributed by atoms with Gasteiger partial charge in [-0.05, 0) is 24.6 Å². The van der Waals surface area contributed by atoms with E-state index in [1.165, 1.54) is 5.56 Å². The molecular formula is C16H13N5. The maximum atomic E-state index is 9.21. The minimum absolute atomic E-state index is 0.315. The van der Waals surface area contributed by atoms with Gasteiger partial charge in [-0.1, -0.05) is 35.0 Å². The molecule has 0 aliphatic carbocycles. The molecule has 2 aromatic heterocycles. The smallest absolute Gasteiger partial charge is 0.190 e. The summed E-state index contributed by atoms with van der Waals surface area (Å²) in [6.07, 6.45) is 3.41. The number of pyridine rings is 1. The molecule has 0 bridgehead atoms. The molecule has 3 rings (SSSR count). The number of hydrogen-bond acceptors (Lipinski definition) is 4. The zero-order valence-corrected chi connectivity index (χ0v) is 11.6. The predicted octanol–water partition coefficient (Wildman–Crippen LogP) is 2.57. The summed E-state index contributed by atoms with van der Waals surface area (Å²) in [5, 5.41) is 17.3. The van der Waals surface area contributed by atoms with Crippen molar-refractivity contribution < 1.29 is 0 Å². The van der Waals surface area contributed by atoms with Crippen molar-refractivity contribution in [3.05, 3.63) is 65.6 Å². The lowest BCUT2D eigenvalue weighted by Crippen LogP contribution is -2.04. The highest BCUT2D eigenvalue weighted by molar-refractivity contribution is 5.63. The van der Waals surface area contributed by atoms with Crippen LogP contribution in [0.2, 0.25) is 0 Å². The summed E-state index contributed by atoms with van der Waals surface area (Å²) in [7, 11) is 0. The molecular weight excluding hydrogens is 262 g/mol. The molecule has 0 saturated heterocycles. The fraction of sp³-hybridized carbons (Fsp3) is 0.125. The van der Waals surface area contributed by atoms with Crippen LogP contribution in [0.15, 0.2) is 48.8 Å². The summed E-state index contributed by atoms with van der Waals surface area (Å²) in [4.78, 5) is 4.10. The molecule has 0 aliphatic heterocycles. The summed E-state index contributed by atoms with van der Waals surface area (Å²) in [5.74, 6) is 0. The molecule has 0 unspecified atom stereocenters. The number of nitrogens with zero attached hydrogens (tertiary/aromatic N) is 5. The molecule has 0 aliphatic rings. The third kappa shape index (κ3) is 2.65. The van der Waals surface area contributed by atoms with E-state index in [1.54, 1.807) is 17.1 Å².